The summed E-state index contributed by atoms with van der Waals surface area (Å²) in [5.74, 6) is -0.211. The topological polar surface area (TPSA) is 37.4 Å². The zero-order valence-electron chi connectivity index (χ0n) is 12.8. The number of aryl methyl sites for hydroxylation is 1. The van der Waals surface area contributed by atoms with Crippen LogP contribution in [0.5, 0.6) is 0 Å². The third-order valence-corrected chi connectivity index (χ3v) is 3.44. The predicted molar refractivity (Wildman–Crippen MR) is 85.4 cm³/mol. The van der Waals surface area contributed by atoms with Crippen LogP contribution in [0.15, 0.2) is 42.5 Å². The highest BCUT2D eigenvalue weighted by Crippen LogP contribution is 2.19. The highest BCUT2D eigenvalue weighted by molar-refractivity contribution is 6.15. The van der Waals surface area contributed by atoms with E-state index in [4.69, 9.17) is 0 Å². The maximum Gasteiger partial charge on any atom is 0.193 e. The van der Waals surface area contributed by atoms with Crippen molar-refractivity contribution < 1.29 is 9.59 Å². The van der Waals surface area contributed by atoms with E-state index in [1.54, 1.807) is 24.3 Å². The molecule has 0 bridgehead atoms. The van der Waals surface area contributed by atoms with Crippen LogP contribution < -0.4 is 4.90 Å². The summed E-state index contributed by atoms with van der Waals surface area (Å²) in [5, 5.41) is 0. The van der Waals surface area contributed by atoms with Gasteiger partial charge in [0.25, 0.3) is 0 Å². The Hall–Kier alpha value is -2.42. The van der Waals surface area contributed by atoms with Gasteiger partial charge in [0.1, 0.15) is 0 Å². The maximum absolute atomic E-state index is 12.6. The fourth-order valence-corrected chi connectivity index (χ4v) is 2.22. The number of hydrogen-bond donors (Lipinski definition) is 0. The minimum atomic E-state index is -0.116. The van der Waals surface area contributed by atoms with E-state index in [9.17, 15) is 9.59 Å². The van der Waals surface area contributed by atoms with Gasteiger partial charge in [0.15, 0.2) is 11.6 Å². The molecule has 0 fully saturated rings. The fourth-order valence-electron chi connectivity index (χ4n) is 2.22. The molecule has 0 aliphatic heterocycles. The molecular formula is C18H19NO2. The lowest BCUT2D eigenvalue weighted by molar-refractivity contribution is 0.0990. The van der Waals surface area contributed by atoms with E-state index in [1.165, 1.54) is 6.92 Å². The molecule has 0 atom stereocenters. The maximum atomic E-state index is 12.6. The molecule has 0 spiro atoms. The molecule has 0 radical (unpaired) electrons. The second-order valence-electron chi connectivity index (χ2n) is 5.38. The first-order valence-corrected chi connectivity index (χ1v) is 6.84. The molecule has 0 N–H and O–H groups in total. The Labute approximate surface area is 125 Å². The first-order valence-electron chi connectivity index (χ1n) is 6.84. The molecule has 0 aliphatic carbocycles. The van der Waals surface area contributed by atoms with Crippen molar-refractivity contribution in [3.63, 3.8) is 0 Å². The van der Waals surface area contributed by atoms with Gasteiger partial charge in [-0.1, -0.05) is 17.7 Å². The number of nitrogens with zero attached hydrogens (tertiary/aromatic N) is 1. The van der Waals surface area contributed by atoms with E-state index in [0.717, 1.165) is 11.3 Å². The lowest BCUT2D eigenvalue weighted by Gasteiger charge is -2.13. The quantitative estimate of drug-likeness (QED) is 0.805. The number of benzene rings is 2. The molecular weight excluding hydrogens is 262 g/mol. The second kappa shape index (κ2) is 5.92. The Morgan fingerprint density at radius 3 is 2.05 bits per heavy atom. The van der Waals surface area contributed by atoms with Gasteiger partial charge in [-0.05, 0) is 44.2 Å². The van der Waals surface area contributed by atoms with Crippen molar-refractivity contribution in [2.75, 3.05) is 19.0 Å². The molecule has 0 saturated carbocycles. The zero-order valence-corrected chi connectivity index (χ0v) is 12.8. The summed E-state index contributed by atoms with van der Waals surface area (Å²) >= 11 is 0. The van der Waals surface area contributed by atoms with E-state index in [-0.39, 0.29) is 11.6 Å². The highest BCUT2D eigenvalue weighted by atomic mass is 16.1. The summed E-state index contributed by atoms with van der Waals surface area (Å²) in [6, 6.07) is 12.7. The Morgan fingerprint density at radius 2 is 1.52 bits per heavy atom. The van der Waals surface area contributed by atoms with Crippen molar-refractivity contribution >= 4 is 17.3 Å². The fraction of sp³-hybridized carbons (Fsp3) is 0.222. The van der Waals surface area contributed by atoms with Crippen LogP contribution in [-0.2, 0) is 0 Å². The van der Waals surface area contributed by atoms with E-state index >= 15 is 0 Å². The van der Waals surface area contributed by atoms with Gasteiger partial charge in [0, 0.05) is 36.5 Å². The number of carbonyl (C=O) groups is 2. The molecule has 3 nitrogen and oxygen atoms in total. The SMILES string of the molecule is CC(=O)c1ccc(C)cc1C(=O)c1ccc(N(C)C)cc1. The summed E-state index contributed by atoms with van der Waals surface area (Å²) in [5.41, 5.74) is 3.53. The number of Topliss-reactive ketones (excluding diaryl/α,β-unsaturated/α-hetero) is 1. The van der Waals surface area contributed by atoms with Crippen molar-refractivity contribution in [3.05, 3.63) is 64.7 Å². The summed E-state index contributed by atoms with van der Waals surface area (Å²) in [4.78, 5) is 26.3. The molecule has 0 amide bonds. The van der Waals surface area contributed by atoms with Gasteiger partial charge >= 0.3 is 0 Å². The number of rotatable bonds is 4. The van der Waals surface area contributed by atoms with Gasteiger partial charge in [-0.3, -0.25) is 9.59 Å². The van der Waals surface area contributed by atoms with Gasteiger partial charge in [-0.25, -0.2) is 0 Å². The Kier molecular flexibility index (Phi) is 4.22. The third-order valence-electron chi connectivity index (χ3n) is 3.44. The zero-order chi connectivity index (χ0) is 15.6. The van der Waals surface area contributed by atoms with Gasteiger partial charge in [-0.2, -0.15) is 0 Å². The van der Waals surface area contributed by atoms with E-state index < -0.39 is 0 Å². The van der Waals surface area contributed by atoms with Crippen LogP contribution in [-0.4, -0.2) is 25.7 Å². The molecule has 108 valence electrons. The minimum Gasteiger partial charge on any atom is -0.378 e. The molecule has 0 aromatic heterocycles. The number of hydrogen-bond acceptors (Lipinski definition) is 3. The molecule has 0 aliphatic rings. The van der Waals surface area contributed by atoms with Crippen LogP contribution in [0.1, 0.15) is 38.8 Å². The Morgan fingerprint density at radius 1 is 0.905 bits per heavy atom. The summed E-state index contributed by atoms with van der Waals surface area (Å²) in [7, 11) is 3.90. The average molecular weight is 281 g/mol. The van der Waals surface area contributed by atoms with Gasteiger partial charge < -0.3 is 4.90 Å². The van der Waals surface area contributed by atoms with Crippen molar-refractivity contribution in [2.24, 2.45) is 0 Å². The second-order valence-corrected chi connectivity index (χ2v) is 5.38. The van der Waals surface area contributed by atoms with Crippen LogP contribution in [0, 0.1) is 6.92 Å². The number of ketones is 2. The molecule has 0 saturated heterocycles. The molecule has 0 unspecified atom stereocenters. The molecule has 3 heteroatoms. The van der Waals surface area contributed by atoms with Gasteiger partial charge in [0.05, 0.1) is 0 Å². The van der Waals surface area contributed by atoms with Crippen LogP contribution in [0.3, 0.4) is 0 Å². The monoisotopic (exact) mass is 281 g/mol. The Balaban J connectivity index is 2.44. The first kappa shape index (κ1) is 15.0. The first-order chi connectivity index (χ1) is 9.90. The minimum absolute atomic E-state index is 0.0942. The lowest BCUT2D eigenvalue weighted by atomic mass is 9.94. The van der Waals surface area contributed by atoms with Crippen LogP contribution >= 0.6 is 0 Å². The standard InChI is InChI=1S/C18H19NO2/c1-12-5-10-16(13(2)20)17(11-12)18(21)14-6-8-15(9-7-14)19(3)4/h5-11H,1-4H3. The van der Waals surface area contributed by atoms with Crippen LogP contribution in [0.2, 0.25) is 0 Å². The lowest BCUT2D eigenvalue weighted by Crippen LogP contribution is -2.11. The van der Waals surface area contributed by atoms with Crippen molar-refractivity contribution in [1.82, 2.24) is 0 Å². The summed E-state index contributed by atoms with van der Waals surface area (Å²) < 4.78 is 0. The third kappa shape index (κ3) is 3.19. The summed E-state index contributed by atoms with van der Waals surface area (Å²) in [6.07, 6.45) is 0. The van der Waals surface area contributed by atoms with Gasteiger partial charge in [0.2, 0.25) is 0 Å². The normalized spacial score (nSPS) is 10.3. The van der Waals surface area contributed by atoms with Crippen molar-refractivity contribution in [3.8, 4) is 0 Å². The van der Waals surface area contributed by atoms with E-state index in [0.29, 0.717) is 16.7 Å². The largest absolute Gasteiger partial charge is 0.378 e. The molecule has 21 heavy (non-hydrogen) atoms. The smallest absolute Gasteiger partial charge is 0.193 e. The van der Waals surface area contributed by atoms with E-state index in [1.807, 2.05) is 44.1 Å². The van der Waals surface area contributed by atoms with Crippen molar-refractivity contribution in [2.45, 2.75) is 13.8 Å². The van der Waals surface area contributed by atoms with Crippen LogP contribution in [0.4, 0.5) is 5.69 Å². The summed E-state index contributed by atoms with van der Waals surface area (Å²) in [6.45, 7) is 3.40. The molecule has 2 aromatic rings. The number of carbonyl (C=O) groups excluding carboxylic acids is 2. The molecule has 0 heterocycles. The highest BCUT2D eigenvalue weighted by Gasteiger charge is 2.16. The predicted octanol–water partition coefficient (Wildman–Crippen LogP) is 3.49. The average Bonchev–Trinajstić information content (AvgIpc) is 2.46. The molecule has 2 rings (SSSR count). The number of anilines is 1. The van der Waals surface area contributed by atoms with Crippen molar-refractivity contribution in [1.29, 1.82) is 0 Å². The van der Waals surface area contributed by atoms with Crippen LogP contribution in [0.25, 0.3) is 0 Å². The Bertz CT molecular complexity index is 685. The molecule has 2 aromatic carbocycles. The van der Waals surface area contributed by atoms with Gasteiger partial charge in [-0.15, -0.1) is 0 Å². The van der Waals surface area contributed by atoms with E-state index in [2.05, 4.69) is 0 Å².